The second-order valence-corrected chi connectivity index (χ2v) is 4.06. The number of aliphatic carboxylic acids is 2. The molecule has 1 aromatic carbocycles. The van der Waals surface area contributed by atoms with E-state index in [9.17, 15) is 9.59 Å². The van der Waals surface area contributed by atoms with Crippen LogP contribution in [-0.2, 0) is 16.0 Å². The third-order valence-electron chi connectivity index (χ3n) is 2.66. The van der Waals surface area contributed by atoms with Gasteiger partial charge in [0, 0.05) is 6.07 Å². The molecule has 1 aromatic rings. The first-order valence-electron chi connectivity index (χ1n) is 5.62. The molecule has 0 bridgehead atoms. The van der Waals surface area contributed by atoms with E-state index in [1.165, 1.54) is 14.2 Å². The molecule has 0 amide bonds. The summed E-state index contributed by atoms with van der Waals surface area (Å²) in [7, 11) is 2.98. The number of carboxylic acids is 2. The van der Waals surface area contributed by atoms with Crippen LogP contribution in [0.15, 0.2) is 18.2 Å². The van der Waals surface area contributed by atoms with Crippen molar-refractivity contribution in [1.82, 2.24) is 0 Å². The van der Waals surface area contributed by atoms with E-state index in [1.54, 1.807) is 18.2 Å². The van der Waals surface area contributed by atoms with Gasteiger partial charge in [-0.1, -0.05) is 0 Å². The SMILES string of the molecule is COc1cc(C[C@@H](CC(=O)O)C(=O)O)cc(OC)c1. The van der Waals surface area contributed by atoms with Crippen LogP contribution in [0.4, 0.5) is 0 Å². The highest BCUT2D eigenvalue weighted by molar-refractivity contribution is 5.78. The Kier molecular flexibility index (Phi) is 5.17. The summed E-state index contributed by atoms with van der Waals surface area (Å²) in [5.41, 5.74) is 0.657. The minimum absolute atomic E-state index is 0.106. The maximum absolute atomic E-state index is 11.0. The summed E-state index contributed by atoms with van der Waals surface area (Å²) in [6.45, 7) is 0. The van der Waals surface area contributed by atoms with Crippen molar-refractivity contribution in [3.63, 3.8) is 0 Å². The summed E-state index contributed by atoms with van der Waals surface area (Å²) < 4.78 is 10.2. The van der Waals surface area contributed by atoms with Crippen LogP contribution in [0.2, 0.25) is 0 Å². The van der Waals surface area contributed by atoms with Crippen LogP contribution in [0.1, 0.15) is 12.0 Å². The molecule has 0 unspecified atom stereocenters. The summed E-state index contributed by atoms with van der Waals surface area (Å²) in [6.07, 6.45) is -0.315. The van der Waals surface area contributed by atoms with Crippen LogP contribution in [0.5, 0.6) is 11.5 Å². The Bertz CT molecular complexity index is 446. The van der Waals surface area contributed by atoms with E-state index in [4.69, 9.17) is 19.7 Å². The number of ether oxygens (including phenoxy) is 2. The number of carbonyl (C=O) groups is 2. The van der Waals surface area contributed by atoms with Gasteiger partial charge in [0.1, 0.15) is 11.5 Å². The van der Waals surface area contributed by atoms with Crippen molar-refractivity contribution in [2.24, 2.45) is 5.92 Å². The van der Waals surface area contributed by atoms with Crippen molar-refractivity contribution in [2.75, 3.05) is 14.2 Å². The van der Waals surface area contributed by atoms with Crippen LogP contribution >= 0.6 is 0 Å². The third kappa shape index (κ3) is 4.50. The average molecular weight is 268 g/mol. The van der Waals surface area contributed by atoms with Crippen molar-refractivity contribution in [2.45, 2.75) is 12.8 Å². The maximum atomic E-state index is 11.0. The largest absolute Gasteiger partial charge is 0.497 e. The van der Waals surface area contributed by atoms with Gasteiger partial charge in [0.2, 0.25) is 0 Å². The van der Waals surface area contributed by atoms with Crippen molar-refractivity contribution in [1.29, 1.82) is 0 Å². The van der Waals surface area contributed by atoms with Crippen LogP contribution in [0, 0.1) is 5.92 Å². The summed E-state index contributed by atoms with van der Waals surface area (Å²) in [4.78, 5) is 21.7. The number of rotatable bonds is 7. The zero-order chi connectivity index (χ0) is 14.4. The summed E-state index contributed by atoms with van der Waals surface area (Å²) >= 11 is 0. The third-order valence-corrected chi connectivity index (χ3v) is 2.66. The predicted molar refractivity (Wildman–Crippen MR) is 66.6 cm³/mol. The van der Waals surface area contributed by atoms with E-state index >= 15 is 0 Å². The molecule has 6 heteroatoms. The molecule has 0 aromatic heterocycles. The number of hydrogen-bond donors (Lipinski definition) is 2. The van der Waals surface area contributed by atoms with E-state index in [1.807, 2.05) is 0 Å². The Hall–Kier alpha value is -2.24. The minimum atomic E-state index is -1.14. The Balaban J connectivity index is 2.94. The molecule has 19 heavy (non-hydrogen) atoms. The normalized spacial score (nSPS) is 11.7. The van der Waals surface area contributed by atoms with E-state index in [0.29, 0.717) is 17.1 Å². The topological polar surface area (TPSA) is 93.1 Å². The Morgan fingerprint density at radius 3 is 2.00 bits per heavy atom. The molecule has 0 spiro atoms. The van der Waals surface area contributed by atoms with Crippen molar-refractivity contribution in [3.05, 3.63) is 23.8 Å². The lowest BCUT2D eigenvalue weighted by molar-refractivity contribution is -0.148. The van der Waals surface area contributed by atoms with Gasteiger partial charge in [0.05, 0.1) is 26.6 Å². The molecule has 0 fully saturated rings. The number of benzene rings is 1. The fourth-order valence-corrected chi connectivity index (χ4v) is 1.73. The quantitative estimate of drug-likeness (QED) is 0.776. The zero-order valence-electron chi connectivity index (χ0n) is 10.8. The fourth-order valence-electron chi connectivity index (χ4n) is 1.73. The van der Waals surface area contributed by atoms with Gasteiger partial charge in [-0.05, 0) is 24.1 Å². The highest BCUT2D eigenvalue weighted by atomic mass is 16.5. The van der Waals surface area contributed by atoms with Gasteiger partial charge in [-0.25, -0.2) is 0 Å². The molecule has 0 heterocycles. The summed E-state index contributed by atoms with van der Waals surface area (Å²) in [6, 6.07) is 5.00. The van der Waals surface area contributed by atoms with Crippen molar-refractivity contribution >= 4 is 11.9 Å². The first-order chi connectivity index (χ1) is 8.96. The lowest BCUT2D eigenvalue weighted by Crippen LogP contribution is -2.20. The van der Waals surface area contributed by atoms with Crippen LogP contribution < -0.4 is 9.47 Å². The van der Waals surface area contributed by atoms with E-state index in [0.717, 1.165) is 0 Å². The first kappa shape index (κ1) is 14.8. The molecule has 2 N–H and O–H groups in total. The fraction of sp³-hybridized carbons (Fsp3) is 0.385. The molecule has 0 aliphatic carbocycles. The van der Waals surface area contributed by atoms with Crippen molar-refractivity contribution in [3.8, 4) is 11.5 Å². The molecule has 0 saturated heterocycles. The standard InChI is InChI=1S/C13H16O6/c1-18-10-4-8(5-11(7-10)19-2)3-9(13(16)17)6-12(14)15/h4-5,7,9H,3,6H2,1-2H3,(H,14,15)(H,16,17)/t9-/m0/s1. The van der Waals surface area contributed by atoms with E-state index < -0.39 is 24.3 Å². The van der Waals surface area contributed by atoms with Gasteiger partial charge in [-0.2, -0.15) is 0 Å². The second-order valence-electron chi connectivity index (χ2n) is 4.06. The molecular formula is C13H16O6. The monoisotopic (exact) mass is 268 g/mol. The van der Waals surface area contributed by atoms with Gasteiger partial charge in [0.25, 0.3) is 0 Å². The molecule has 104 valence electrons. The molecule has 1 rings (SSSR count). The number of hydrogen-bond acceptors (Lipinski definition) is 4. The molecule has 0 saturated carbocycles. The highest BCUT2D eigenvalue weighted by Gasteiger charge is 2.22. The van der Waals surface area contributed by atoms with Gasteiger partial charge in [-0.15, -0.1) is 0 Å². The minimum Gasteiger partial charge on any atom is -0.497 e. The van der Waals surface area contributed by atoms with Gasteiger partial charge < -0.3 is 19.7 Å². The molecule has 0 radical (unpaired) electrons. The zero-order valence-corrected chi connectivity index (χ0v) is 10.8. The lowest BCUT2D eigenvalue weighted by atomic mass is 9.96. The molecular weight excluding hydrogens is 252 g/mol. The first-order valence-corrected chi connectivity index (χ1v) is 5.62. The second kappa shape index (κ2) is 6.63. The van der Waals surface area contributed by atoms with Crippen LogP contribution in [0.3, 0.4) is 0 Å². The van der Waals surface area contributed by atoms with Crippen molar-refractivity contribution < 1.29 is 29.3 Å². The average Bonchev–Trinajstić information content (AvgIpc) is 2.36. The van der Waals surface area contributed by atoms with Crippen LogP contribution in [-0.4, -0.2) is 36.4 Å². The predicted octanol–water partition coefficient (Wildman–Crippen LogP) is 1.42. The number of carboxylic acid groups (broad SMARTS) is 2. The molecule has 1 atom stereocenters. The smallest absolute Gasteiger partial charge is 0.307 e. The molecule has 0 aliphatic heterocycles. The lowest BCUT2D eigenvalue weighted by Gasteiger charge is -2.12. The Morgan fingerprint density at radius 2 is 1.63 bits per heavy atom. The van der Waals surface area contributed by atoms with Crippen LogP contribution in [0.25, 0.3) is 0 Å². The Labute approximate surface area is 110 Å². The molecule has 6 nitrogen and oxygen atoms in total. The van der Waals surface area contributed by atoms with Gasteiger partial charge in [-0.3, -0.25) is 9.59 Å². The van der Waals surface area contributed by atoms with E-state index in [-0.39, 0.29) is 6.42 Å². The summed E-state index contributed by atoms with van der Waals surface area (Å²) in [5.74, 6) is -2.18. The number of methoxy groups -OCH3 is 2. The van der Waals surface area contributed by atoms with E-state index in [2.05, 4.69) is 0 Å². The van der Waals surface area contributed by atoms with Gasteiger partial charge >= 0.3 is 11.9 Å². The highest BCUT2D eigenvalue weighted by Crippen LogP contribution is 2.25. The molecule has 0 aliphatic rings. The summed E-state index contributed by atoms with van der Waals surface area (Å²) in [5, 5.41) is 17.7. The maximum Gasteiger partial charge on any atom is 0.307 e. The van der Waals surface area contributed by atoms with Gasteiger partial charge in [0.15, 0.2) is 0 Å². The Morgan fingerprint density at radius 1 is 1.11 bits per heavy atom.